The van der Waals surface area contributed by atoms with Crippen LogP contribution < -0.4 is 4.90 Å². The number of hydrogen-bond acceptors (Lipinski definition) is 5. The molecular weight excluding hydrogens is 292 g/mol. The average molecular weight is 312 g/mol. The summed E-state index contributed by atoms with van der Waals surface area (Å²) in [6.45, 7) is 4.07. The van der Waals surface area contributed by atoms with E-state index >= 15 is 0 Å². The van der Waals surface area contributed by atoms with Crippen LogP contribution in [0.1, 0.15) is 30.7 Å². The van der Waals surface area contributed by atoms with Crippen LogP contribution in [0.15, 0.2) is 24.8 Å². The van der Waals surface area contributed by atoms with Crippen LogP contribution in [0.3, 0.4) is 0 Å². The first-order chi connectivity index (χ1) is 11.3. The molecule has 0 aliphatic carbocycles. The van der Waals surface area contributed by atoms with E-state index in [0.29, 0.717) is 13.0 Å². The largest absolute Gasteiger partial charge is 0.337 e. The van der Waals surface area contributed by atoms with E-state index < -0.39 is 0 Å². The number of rotatable bonds is 3. The quantitative estimate of drug-likeness (QED) is 0.852. The number of anilines is 1. The number of fused-ring (bicyclic) bond motifs is 1. The molecule has 4 rings (SSSR count). The fourth-order valence-corrected chi connectivity index (χ4v) is 3.33. The summed E-state index contributed by atoms with van der Waals surface area (Å²) in [6.07, 6.45) is 8.10. The van der Waals surface area contributed by atoms with Gasteiger partial charge in [-0.15, -0.1) is 0 Å². The van der Waals surface area contributed by atoms with Crippen molar-refractivity contribution in [1.29, 1.82) is 0 Å². The highest BCUT2D eigenvalue weighted by atomic mass is 16.2. The van der Waals surface area contributed by atoms with Crippen molar-refractivity contribution in [2.24, 2.45) is 0 Å². The molecule has 2 aromatic heterocycles. The molecule has 7 nitrogen and oxygen atoms in total. The molecule has 4 heterocycles. The SMILES string of the molecule is O=C1CCCN1Cc1ncn2c1CN(c1ncccn1)CCC2. The van der Waals surface area contributed by atoms with Crippen molar-refractivity contribution in [1.82, 2.24) is 24.4 Å². The number of carbonyl (C=O) groups is 1. The minimum Gasteiger partial charge on any atom is -0.337 e. The van der Waals surface area contributed by atoms with E-state index in [0.717, 1.165) is 50.7 Å². The smallest absolute Gasteiger partial charge is 0.225 e. The number of amides is 1. The van der Waals surface area contributed by atoms with Crippen molar-refractivity contribution in [2.45, 2.75) is 38.9 Å². The molecule has 0 N–H and O–H groups in total. The molecule has 7 heteroatoms. The molecule has 1 amide bonds. The maximum atomic E-state index is 11.9. The van der Waals surface area contributed by atoms with Gasteiger partial charge in [-0.3, -0.25) is 4.79 Å². The molecule has 0 aromatic carbocycles. The highest BCUT2D eigenvalue weighted by Gasteiger charge is 2.25. The van der Waals surface area contributed by atoms with Crippen molar-refractivity contribution in [3.8, 4) is 0 Å². The van der Waals surface area contributed by atoms with Crippen molar-refractivity contribution in [3.63, 3.8) is 0 Å². The lowest BCUT2D eigenvalue weighted by Gasteiger charge is -2.21. The number of likely N-dealkylation sites (tertiary alicyclic amines) is 1. The molecule has 0 spiro atoms. The summed E-state index contributed by atoms with van der Waals surface area (Å²) in [5, 5.41) is 0. The number of aryl methyl sites for hydroxylation is 1. The molecule has 0 unspecified atom stereocenters. The number of imidazole rings is 1. The predicted octanol–water partition coefficient (Wildman–Crippen LogP) is 1.21. The summed E-state index contributed by atoms with van der Waals surface area (Å²) in [4.78, 5) is 29.3. The van der Waals surface area contributed by atoms with Gasteiger partial charge in [-0.05, 0) is 18.9 Å². The maximum absolute atomic E-state index is 11.9. The van der Waals surface area contributed by atoms with E-state index in [4.69, 9.17) is 0 Å². The third-order valence-electron chi connectivity index (χ3n) is 4.55. The van der Waals surface area contributed by atoms with E-state index in [1.54, 1.807) is 12.4 Å². The minimum absolute atomic E-state index is 0.239. The number of carbonyl (C=O) groups excluding carboxylic acids is 1. The van der Waals surface area contributed by atoms with Crippen LogP contribution in [-0.2, 0) is 24.4 Å². The van der Waals surface area contributed by atoms with Gasteiger partial charge < -0.3 is 14.4 Å². The Bertz CT molecular complexity index is 698. The van der Waals surface area contributed by atoms with Crippen LogP contribution in [0.4, 0.5) is 5.95 Å². The Morgan fingerprint density at radius 3 is 2.70 bits per heavy atom. The number of aromatic nitrogens is 4. The molecule has 2 aromatic rings. The van der Waals surface area contributed by atoms with Crippen molar-refractivity contribution >= 4 is 11.9 Å². The lowest BCUT2D eigenvalue weighted by molar-refractivity contribution is -0.128. The van der Waals surface area contributed by atoms with Gasteiger partial charge in [-0.1, -0.05) is 0 Å². The molecule has 0 atom stereocenters. The average Bonchev–Trinajstić information content (AvgIpc) is 3.08. The Balaban J connectivity index is 1.58. The summed E-state index contributed by atoms with van der Waals surface area (Å²) in [5.74, 6) is 0.994. The van der Waals surface area contributed by atoms with Crippen LogP contribution in [0, 0.1) is 0 Å². The zero-order chi connectivity index (χ0) is 15.6. The normalized spacial score (nSPS) is 18.2. The highest BCUT2D eigenvalue weighted by molar-refractivity contribution is 5.78. The van der Waals surface area contributed by atoms with Gasteiger partial charge in [0, 0.05) is 38.4 Å². The lowest BCUT2D eigenvalue weighted by atomic mass is 10.3. The highest BCUT2D eigenvalue weighted by Crippen LogP contribution is 2.22. The summed E-state index contributed by atoms with van der Waals surface area (Å²) in [7, 11) is 0. The third kappa shape index (κ3) is 2.78. The molecule has 0 saturated carbocycles. The zero-order valence-corrected chi connectivity index (χ0v) is 13.1. The van der Waals surface area contributed by atoms with E-state index in [1.807, 2.05) is 17.3 Å². The first-order valence-electron chi connectivity index (χ1n) is 8.14. The molecule has 2 aliphatic heterocycles. The topological polar surface area (TPSA) is 67.2 Å². The molecule has 2 aliphatic rings. The van der Waals surface area contributed by atoms with Crippen LogP contribution in [0.25, 0.3) is 0 Å². The Labute approximate surface area is 135 Å². The molecule has 1 saturated heterocycles. The Kier molecular flexibility index (Phi) is 3.69. The van der Waals surface area contributed by atoms with Gasteiger partial charge in [0.2, 0.25) is 11.9 Å². The van der Waals surface area contributed by atoms with Crippen LogP contribution >= 0.6 is 0 Å². The standard InChI is InChI=1S/C16H20N6O/c23-15-4-1-7-20(15)10-13-14-11-21(16-17-5-2-6-18-16)8-3-9-22(14)12-19-13/h2,5-6,12H,1,3-4,7-11H2. The third-order valence-corrected chi connectivity index (χ3v) is 4.55. The summed E-state index contributed by atoms with van der Waals surface area (Å²) in [6, 6.07) is 1.83. The Hall–Kier alpha value is -2.44. The molecule has 0 radical (unpaired) electrons. The second-order valence-corrected chi connectivity index (χ2v) is 6.07. The van der Waals surface area contributed by atoms with Crippen molar-refractivity contribution < 1.29 is 4.79 Å². The van der Waals surface area contributed by atoms with Gasteiger partial charge in [0.1, 0.15) is 0 Å². The van der Waals surface area contributed by atoms with E-state index in [1.165, 1.54) is 5.69 Å². The van der Waals surface area contributed by atoms with Gasteiger partial charge >= 0.3 is 0 Å². The molecule has 120 valence electrons. The van der Waals surface area contributed by atoms with Crippen molar-refractivity contribution in [2.75, 3.05) is 18.0 Å². The Morgan fingerprint density at radius 2 is 1.91 bits per heavy atom. The van der Waals surface area contributed by atoms with Crippen molar-refractivity contribution in [3.05, 3.63) is 36.2 Å². The van der Waals surface area contributed by atoms with Gasteiger partial charge in [0.15, 0.2) is 0 Å². The zero-order valence-electron chi connectivity index (χ0n) is 13.1. The molecule has 23 heavy (non-hydrogen) atoms. The van der Waals surface area contributed by atoms with Gasteiger partial charge in [0.05, 0.1) is 30.8 Å². The molecule has 1 fully saturated rings. The monoisotopic (exact) mass is 312 g/mol. The summed E-state index contributed by atoms with van der Waals surface area (Å²) >= 11 is 0. The molecular formula is C16H20N6O. The fourth-order valence-electron chi connectivity index (χ4n) is 3.33. The lowest BCUT2D eigenvalue weighted by Crippen LogP contribution is -2.27. The van der Waals surface area contributed by atoms with Crippen LogP contribution in [0.2, 0.25) is 0 Å². The molecule has 0 bridgehead atoms. The number of nitrogens with zero attached hydrogens (tertiary/aromatic N) is 6. The van der Waals surface area contributed by atoms with Gasteiger partial charge in [0.25, 0.3) is 0 Å². The van der Waals surface area contributed by atoms with E-state index in [9.17, 15) is 4.79 Å². The first kappa shape index (κ1) is 14.2. The van der Waals surface area contributed by atoms with Crippen LogP contribution in [0.5, 0.6) is 0 Å². The van der Waals surface area contributed by atoms with Gasteiger partial charge in [-0.2, -0.15) is 0 Å². The summed E-state index contributed by atoms with van der Waals surface area (Å²) < 4.78 is 2.21. The fraction of sp³-hybridized carbons (Fsp3) is 0.500. The predicted molar refractivity (Wildman–Crippen MR) is 84.6 cm³/mol. The second-order valence-electron chi connectivity index (χ2n) is 6.07. The first-order valence-corrected chi connectivity index (χ1v) is 8.14. The summed E-state index contributed by atoms with van der Waals surface area (Å²) in [5.41, 5.74) is 2.18. The van der Waals surface area contributed by atoms with E-state index in [-0.39, 0.29) is 5.91 Å². The van der Waals surface area contributed by atoms with E-state index in [2.05, 4.69) is 24.4 Å². The maximum Gasteiger partial charge on any atom is 0.225 e. The minimum atomic E-state index is 0.239. The van der Waals surface area contributed by atoms with Crippen LogP contribution in [-0.4, -0.2) is 43.4 Å². The number of hydrogen-bond donors (Lipinski definition) is 0. The Morgan fingerprint density at radius 1 is 1.04 bits per heavy atom. The second kappa shape index (κ2) is 5.98. The van der Waals surface area contributed by atoms with Gasteiger partial charge in [-0.25, -0.2) is 15.0 Å².